The van der Waals surface area contributed by atoms with Gasteiger partial charge in [0.15, 0.2) is 0 Å². The summed E-state index contributed by atoms with van der Waals surface area (Å²) in [4.78, 5) is 0. The van der Waals surface area contributed by atoms with E-state index in [-0.39, 0.29) is 6.61 Å². The number of hydrogen-bond donors (Lipinski definition) is 0. The Balaban J connectivity index is 3.19. The van der Waals surface area contributed by atoms with E-state index in [1.165, 1.54) is 13.8 Å². The highest BCUT2D eigenvalue weighted by Gasteiger charge is 2.55. The molecule has 15 heavy (non-hydrogen) atoms. The predicted molar refractivity (Wildman–Crippen MR) is 56.5 cm³/mol. The Hall–Kier alpha value is -0.140. The van der Waals surface area contributed by atoms with Gasteiger partial charge in [0, 0.05) is 37.3 Å². The maximum atomic E-state index is 11.7. The van der Waals surface area contributed by atoms with E-state index >= 15 is 0 Å². The molecular formula is C8H15O5S2-. The molecule has 1 rings (SSSR count). The minimum absolute atomic E-state index is 0.280. The fourth-order valence-electron chi connectivity index (χ4n) is 1.60. The van der Waals surface area contributed by atoms with Crippen molar-refractivity contribution in [3.05, 3.63) is 4.58 Å². The van der Waals surface area contributed by atoms with Gasteiger partial charge in [-0.15, -0.1) is 0 Å². The van der Waals surface area contributed by atoms with Crippen molar-refractivity contribution in [2.75, 3.05) is 12.9 Å². The van der Waals surface area contributed by atoms with Gasteiger partial charge in [-0.2, -0.15) is 0 Å². The molecule has 0 spiro atoms. The van der Waals surface area contributed by atoms with Gasteiger partial charge in [0.25, 0.3) is 0 Å². The first-order chi connectivity index (χ1) is 6.56. The van der Waals surface area contributed by atoms with E-state index in [0.717, 1.165) is 6.26 Å². The summed E-state index contributed by atoms with van der Waals surface area (Å²) in [6.07, 6.45) is 0.0451. The van der Waals surface area contributed by atoms with E-state index in [9.17, 15) is 16.8 Å². The lowest BCUT2D eigenvalue weighted by atomic mass is 10.1. The molecule has 1 fully saturated rings. The van der Waals surface area contributed by atoms with Crippen molar-refractivity contribution in [1.29, 1.82) is 0 Å². The van der Waals surface area contributed by atoms with Crippen LogP contribution in [0.2, 0.25) is 0 Å². The predicted octanol–water partition coefficient (Wildman–Crippen LogP) is 0.133. The molecule has 7 heteroatoms. The van der Waals surface area contributed by atoms with E-state index in [4.69, 9.17) is 4.74 Å². The normalized spacial score (nSPS) is 29.7. The number of sulfone groups is 2. The Morgan fingerprint density at radius 2 is 1.87 bits per heavy atom. The van der Waals surface area contributed by atoms with E-state index in [1.807, 2.05) is 0 Å². The summed E-state index contributed by atoms with van der Waals surface area (Å²) in [6, 6.07) is 0. The summed E-state index contributed by atoms with van der Waals surface area (Å²) in [5.74, 6) is 0. The van der Waals surface area contributed by atoms with Gasteiger partial charge in [-0.3, -0.25) is 16.8 Å². The van der Waals surface area contributed by atoms with E-state index in [2.05, 4.69) is 0 Å². The van der Waals surface area contributed by atoms with Crippen LogP contribution in [-0.4, -0.2) is 40.5 Å². The summed E-state index contributed by atoms with van der Waals surface area (Å²) in [5.41, 5.74) is 0. The highest BCUT2D eigenvalue weighted by molar-refractivity contribution is 8.14. The maximum absolute atomic E-state index is 11.7. The van der Waals surface area contributed by atoms with Crippen LogP contribution >= 0.6 is 0 Å². The lowest BCUT2D eigenvalue weighted by Gasteiger charge is -2.59. The Labute approximate surface area is 90.7 Å². The highest BCUT2D eigenvalue weighted by Crippen LogP contribution is 2.49. The van der Waals surface area contributed by atoms with E-state index in [1.54, 1.807) is 6.92 Å². The molecule has 90 valence electrons. The minimum Gasteiger partial charge on any atom is -0.407 e. The molecule has 1 unspecified atom stereocenters. The quantitative estimate of drug-likeness (QED) is 0.670. The number of rotatable bonds is 3. The topological polar surface area (TPSA) is 77.5 Å². The van der Waals surface area contributed by atoms with Crippen LogP contribution in [0.25, 0.3) is 0 Å². The molecule has 0 saturated carbocycles. The summed E-state index contributed by atoms with van der Waals surface area (Å²) >= 11 is 0. The second-order valence-corrected chi connectivity index (χ2v) is 8.77. The van der Waals surface area contributed by atoms with Crippen LogP contribution in [0, 0.1) is 4.58 Å². The molecule has 0 bridgehead atoms. The van der Waals surface area contributed by atoms with Gasteiger partial charge in [-0.05, 0) is 31.5 Å². The molecule has 0 aromatic heterocycles. The third-order valence-corrected chi connectivity index (χ3v) is 7.36. The molecule has 0 aromatic carbocycles. The first kappa shape index (κ1) is 12.9. The molecule has 1 aliphatic rings. The Morgan fingerprint density at radius 1 is 1.40 bits per heavy atom. The highest BCUT2D eigenvalue weighted by atomic mass is 32.3. The zero-order valence-corrected chi connectivity index (χ0v) is 10.8. The Bertz CT molecular complexity index is 445. The third-order valence-electron chi connectivity index (χ3n) is 2.50. The van der Waals surface area contributed by atoms with Gasteiger partial charge in [0.2, 0.25) is 0 Å². The van der Waals surface area contributed by atoms with Gasteiger partial charge in [-0.25, -0.2) is 0 Å². The molecule has 0 aromatic rings. The SMILES string of the molecule is CCOC1[C-](S(C)(=O)=O)S(=O)(=O)C1(C)C. The smallest absolute Gasteiger partial charge is 0.0478 e. The van der Waals surface area contributed by atoms with Crippen molar-refractivity contribution in [2.24, 2.45) is 0 Å². The van der Waals surface area contributed by atoms with Crippen molar-refractivity contribution >= 4 is 19.7 Å². The fraction of sp³-hybridized carbons (Fsp3) is 0.875. The number of hydrogen-bond acceptors (Lipinski definition) is 5. The molecule has 1 saturated heterocycles. The molecule has 0 aliphatic carbocycles. The Morgan fingerprint density at radius 3 is 2.20 bits per heavy atom. The van der Waals surface area contributed by atoms with Crippen molar-refractivity contribution in [1.82, 2.24) is 0 Å². The number of ether oxygens (including phenoxy) is 1. The van der Waals surface area contributed by atoms with Gasteiger partial charge in [-0.1, -0.05) is 0 Å². The van der Waals surface area contributed by atoms with Crippen molar-refractivity contribution in [3.8, 4) is 0 Å². The van der Waals surface area contributed by atoms with Gasteiger partial charge in [0.05, 0.1) is 0 Å². The average Bonchev–Trinajstić information content (AvgIpc) is 2.00. The largest absolute Gasteiger partial charge is 0.407 e. The molecule has 1 heterocycles. The molecule has 0 radical (unpaired) electrons. The molecule has 5 nitrogen and oxygen atoms in total. The standard InChI is InChI=1S/C8H15O5S2/c1-5-13-6-7(14(4,9)10)15(11,12)8(6,2)3/h6H,5H2,1-4H3/q-1. The summed E-state index contributed by atoms with van der Waals surface area (Å²) in [6.45, 7) is 4.91. The second-order valence-electron chi connectivity index (χ2n) is 4.03. The van der Waals surface area contributed by atoms with Crippen LogP contribution in [-0.2, 0) is 24.4 Å². The zero-order chi connectivity index (χ0) is 12.1. The summed E-state index contributed by atoms with van der Waals surface area (Å²) < 4.78 is 49.6. The van der Waals surface area contributed by atoms with Crippen LogP contribution in [0.3, 0.4) is 0 Å². The van der Waals surface area contributed by atoms with Gasteiger partial charge < -0.3 is 4.74 Å². The van der Waals surface area contributed by atoms with E-state index < -0.39 is 35.1 Å². The van der Waals surface area contributed by atoms with E-state index in [0.29, 0.717) is 0 Å². The summed E-state index contributed by atoms with van der Waals surface area (Å²) in [5, 5.41) is 0. The summed E-state index contributed by atoms with van der Waals surface area (Å²) in [7, 11) is -7.44. The van der Waals surface area contributed by atoms with Crippen molar-refractivity contribution in [3.63, 3.8) is 0 Å². The molecule has 0 amide bonds. The van der Waals surface area contributed by atoms with Crippen LogP contribution in [0.15, 0.2) is 0 Å². The van der Waals surface area contributed by atoms with Gasteiger partial charge >= 0.3 is 0 Å². The second kappa shape index (κ2) is 3.43. The zero-order valence-electron chi connectivity index (χ0n) is 9.14. The first-order valence-corrected chi connectivity index (χ1v) is 7.87. The van der Waals surface area contributed by atoms with Crippen LogP contribution in [0.1, 0.15) is 20.8 Å². The van der Waals surface area contributed by atoms with Gasteiger partial charge in [0.1, 0.15) is 0 Å². The first-order valence-electron chi connectivity index (χ1n) is 4.50. The Kier molecular flexibility index (Phi) is 2.95. The van der Waals surface area contributed by atoms with Crippen molar-refractivity contribution < 1.29 is 21.6 Å². The molecule has 0 N–H and O–H groups in total. The van der Waals surface area contributed by atoms with Crippen LogP contribution in [0.4, 0.5) is 0 Å². The van der Waals surface area contributed by atoms with Crippen molar-refractivity contribution in [2.45, 2.75) is 31.6 Å². The molecule has 1 aliphatic heterocycles. The molecular weight excluding hydrogens is 240 g/mol. The fourth-order valence-corrected chi connectivity index (χ4v) is 6.11. The lowest BCUT2D eigenvalue weighted by molar-refractivity contribution is 0.0503. The monoisotopic (exact) mass is 255 g/mol. The van der Waals surface area contributed by atoms with Crippen LogP contribution < -0.4 is 0 Å². The maximum Gasteiger partial charge on any atom is 0.0478 e. The third kappa shape index (κ3) is 1.70. The molecule has 1 atom stereocenters. The lowest BCUT2D eigenvalue weighted by Crippen LogP contribution is -2.64. The average molecular weight is 255 g/mol. The minimum atomic E-state index is -3.73. The van der Waals surface area contributed by atoms with Crippen LogP contribution in [0.5, 0.6) is 0 Å².